The van der Waals surface area contributed by atoms with Crippen LogP contribution in [0.3, 0.4) is 0 Å². The molecule has 0 unspecified atom stereocenters. The van der Waals surface area contributed by atoms with Gasteiger partial charge in [-0.3, -0.25) is 4.72 Å². The Morgan fingerprint density at radius 2 is 1.97 bits per heavy atom. The molecule has 0 saturated carbocycles. The number of rotatable bonds is 11. The number of nitrogens with zero attached hydrogens (tertiary/aromatic N) is 3. The number of piperidine rings is 1. The van der Waals surface area contributed by atoms with Gasteiger partial charge in [0.1, 0.15) is 0 Å². The van der Waals surface area contributed by atoms with Crippen LogP contribution in [0, 0.1) is 0 Å². The highest BCUT2D eigenvalue weighted by Gasteiger charge is 2.26. The monoisotopic (exact) mass is 476 g/mol. The predicted molar refractivity (Wildman–Crippen MR) is 127 cm³/mol. The van der Waals surface area contributed by atoms with Crippen LogP contribution in [-0.4, -0.2) is 75.3 Å². The van der Waals surface area contributed by atoms with E-state index in [9.17, 15) is 18.3 Å². The third kappa shape index (κ3) is 6.66. The Balaban J connectivity index is 1.74. The molecule has 1 aliphatic heterocycles. The van der Waals surface area contributed by atoms with Crippen molar-refractivity contribution in [1.82, 2.24) is 9.88 Å². The molecule has 1 saturated heterocycles. The van der Waals surface area contributed by atoms with E-state index >= 15 is 0 Å². The molecule has 2 aromatic rings. The highest BCUT2D eigenvalue weighted by Crippen LogP contribution is 2.30. The molecule has 0 atom stereocenters. The summed E-state index contributed by atoms with van der Waals surface area (Å²) in [5.41, 5.74) is 0.0932. The molecule has 9 nitrogen and oxygen atoms in total. The Kier molecular flexibility index (Phi) is 8.65. The molecule has 33 heavy (non-hydrogen) atoms. The van der Waals surface area contributed by atoms with E-state index in [0.717, 1.165) is 39.0 Å². The number of aromatic nitrogens is 1. The van der Waals surface area contributed by atoms with Gasteiger partial charge >= 0.3 is 5.97 Å². The minimum absolute atomic E-state index is 0.0755. The maximum Gasteiger partial charge on any atom is 0.337 e. The third-order valence-corrected chi connectivity index (χ3v) is 7.18. The van der Waals surface area contributed by atoms with Crippen LogP contribution < -0.4 is 9.62 Å². The van der Waals surface area contributed by atoms with Gasteiger partial charge in [0.05, 0.1) is 16.1 Å². The second-order valence-electron chi connectivity index (χ2n) is 8.07. The fourth-order valence-electron chi connectivity index (χ4n) is 3.97. The summed E-state index contributed by atoms with van der Waals surface area (Å²) < 4.78 is 33.7. The Hall–Kier alpha value is -2.69. The summed E-state index contributed by atoms with van der Waals surface area (Å²) in [5, 5.41) is 9.38. The van der Waals surface area contributed by atoms with Crippen molar-refractivity contribution in [3.63, 3.8) is 0 Å². The zero-order valence-corrected chi connectivity index (χ0v) is 19.9. The van der Waals surface area contributed by atoms with Crippen LogP contribution in [0.2, 0.25) is 0 Å². The zero-order chi connectivity index (χ0) is 23.8. The molecule has 2 heterocycles. The highest BCUT2D eigenvalue weighted by atomic mass is 32.2. The number of anilines is 2. The van der Waals surface area contributed by atoms with Gasteiger partial charge in [0.25, 0.3) is 10.0 Å². The average molecular weight is 477 g/mol. The topological polar surface area (TPSA) is 112 Å². The summed E-state index contributed by atoms with van der Waals surface area (Å²) in [5.74, 6) is -0.724. The minimum Gasteiger partial charge on any atom is -0.478 e. The predicted octanol–water partition coefficient (Wildman–Crippen LogP) is 2.91. The normalized spacial score (nSPS) is 15.1. The van der Waals surface area contributed by atoms with Crippen LogP contribution in [0.15, 0.2) is 47.5 Å². The van der Waals surface area contributed by atoms with E-state index in [1.807, 2.05) is 11.8 Å². The zero-order valence-electron chi connectivity index (χ0n) is 19.1. The maximum absolute atomic E-state index is 12.9. The maximum atomic E-state index is 12.9. The first-order valence-electron chi connectivity index (χ1n) is 11.2. The molecule has 3 rings (SSSR count). The number of carboxylic acid groups (broad SMARTS) is 1. The van der Waals surface area contributed by atoms with Crippen molar-refractivity contribution >= 4 is 27.5 Å². The van der Waals surface area contributed by atoms with E-state index < -0.39 is 16.0 Å². The van der Waals surface area contributed by atoms with E-state index in [0.29, 0.717) is 24.9 Å². The number of carbonyl (C=O) groups is 1. The summed E-state index contributed by atoms with van der Waals surface area (Å²) >= 11 is 0. The van der Waals surface area contributed by atoms with Crippen molar-refractivity contribution < 1.29 is 23.1 Å². The lowest BCUT2D eigenvalue weighted by atomic mass is 10.0. The van der Waals surface area contributed by atoms with Gasteiger partial charge < -0.3 is 19.6 Å². The molecule has 0 radical (unpaired) electrons. The van der Waals surface area contributed by atoms with E-state index in [-0.39, 0.29) is 16.1 Å². The first kappa shape index (κ1) is 24.9. The highest BCUT2D eigenvalue weighted by molar-refractivity contribution is 7.92. The number of ether oxygens (including phenoxy) is 1. The Morgan fingerprint density at radius 1 is 1.27 bits per heavy atom. The fourth-order valence-corrected chi connectivity index (χ4v) is 5.04. The smallest absolute Gasteiger partial charge is 0.337 e. The summed E-state index contributed by atoms with van der Waals surface area (Å²) in [7, 11) is -1.77. The van der Waals surface area contributed by atoms with Crippen molar-refractivity contribution in [3.8, 4) is 0 Å². The van der Waals surface area contributed by atoms with Crippen molar-refractivity contribution in [2.24, 2.45) is 0 Å². The molecule has 0 amide bonds. The summed E-state index contributed by atoms with van der Waals surface area (Å²) in [6.07, 6.45) is 4.05. The number of pyridine rings is 1. The van der Waals surface area contributed by atoms with Gasteiger partial charge in [-0.1, -0.05) is 18.2 Å². The minimum atomic E-state index is -3.89. The van der Waals surface area contributed by atoms with Gasteiger partial charge in [0, 0.05) is 45.1 Å². The Labute approximate surface area is 195 Å². The molecule has 0 aliphatic carbocycles. The number of nitrogens with one attached hydrogen (secondary N) is 1. The van der Waals surface area contributed by atoms with Gasteiger partial charge in [-0.25, -0.2) is 18.2 Å². The summed E-state index contributed by atoms with van der Waals surface area (Å²) in [6.45, 7) is 5.82. The average Bonchev–Trinajstić information content (AvgIpc) is 2.82. The molecule has 1 aromatic carbocycles. The van der Waals surface area contributed by atoms with Gasteiger partial charge in [-0.15, -0.1) is 0 Å². The molecule has 2 N–H and O–H groups in total. The summed E-state index contributed by atoms with van der Waals surface area (Å²) in [6, 6.07) is 9.73. The lowest BCUT2D eigenvalue weighted by Crippen LogP contribution is -2.44. The van der Waals surface area contributed by atoms with Gasteiger partial charge in [-0.05, 0) is 51.4 Å². The first-order chi connectivity index (χ1) is 15.8. The van der Waals surface area contributed by atoms with Crippen molar-refractivity contribution in [3.05, 3.63) is 48.2 Å². The molecule has 0 bridgehead atoms. The molecule has 1 fully saturated rings. The van der Waals surface area contributed by atoms with Crippen LogP contribution in [0.25, 0.3) is 0 Å². The number of hydrogen-bond donors (Lipinski definition) is 2. The van der Waals surface area contributed by atoms with Crippen LogP contribution in [-0.2, 0) is 14.8 Å². The van der Waals surface area contributed by atoms with Crippen molar-refractivity contribution in [2.45, 2.75) is 37.1 Å². The quantitative estimate of drug-likeness (QED) is 0.476. The third-order valence-electron chi connectivity index (χ3n) is 5.80. The molecular weight excluding hydrogens is 444 g/mol. The van der Waals surface area contributed by atoms with Crippen LogP contribution >= 0.6 is 0 Å². The van der Waals surface area contributed by atoms with E-state index in [2.05, 4.69) is 21.7 Å². The van der Waals surface area contributed by atoms with Gasteiger partial charge in [-0.2, -0.15) is 0 Å². The van der Waals surface area contributed by atoms with Gasteiger partial charge in [0.2, 0.25) is 0 Å². The van der Waals surface area contributed by atoms with Crippen molar-refractivity contribution in [2.75, 3.05) is 49.5 Å². The largest absolute Gasteiger partial charge is 0.478 e. The van der Waals surface area contributed by atoms with E-state index in [1.54, 1.807) is 18.2 Å². The van der Waals surface area contributed by atoms with Crippen LogP contribution in [0.5, 0.6) is 0 Å². The number of hydrogen-bond acceptors (Lipinski definition) is 7. The van der Waals surface area contributed by atoms with Crippen LogP contribution in [0.4, 0.5) is 11.5 Å². The summed E-state index contributed by atoms with van der Waals surface area (Å²) in [4.78, 5) is 20.3. The Morgan fingerprint density at radius 3 is 2.61 bits per heavy atom. The fraction of sp³-hybridized carbons (Fsp3) is 0.478. The second kappa shape index (κ2) is 11.4. The number of aromatic carboxylic acids is 1. The lowest BCUT2D eigenvalue weighted by Gasteiger charge is -2.38. The number of benzene rings is 1. The van der Waals surface area contributed by atoms with Crippen molar-refractivity contribution in [1.29, 1.82) is 0 Å². The number of sulfonamides is 1. The van der Waals surface area contributed by atoms with Gasteiger partial charge in [0.15, 0.2) is 5.82 Å². The van der Waals surface area contributed by atoms with E-state index in [1.165, 1.54) is 24.4 Å². The second-order valence-corrected chi connectivity index (χ2v) is 9.75. The van der Waals surface area contributed by atoms with Crippen LogP contribution in [0.1, 0.15) is 36.5 Å². The standard InChI is InChI=1S/C23H32N4O5S/c1-3-32-15-7-12-26(2)19-10-13-27(14-11-19)22-21(16-18(17-24-22)23(28)29)25-33(30,31)20-8-5-4-6-9-20/h4-6,8-9,16-17,19,25H,3,7,10-15H2,1-2H3,(H,28,29). The first-order valence-corrected chi connectivity index (χ1v) is 12.6. The molecule has 0 spiro atoms. The molecule has 1 aromatic heterocycles. The molecule has 180 valence electrons. The molecule has 1 aliphatic rings. The molecule has 10 heteroatoms. The SMILES string of the molecule is CCOCCCN(C)C1CCN(c2ncc(C(=O)O)cc2NS(=O)(=O)c2ccccc2)CC1. The lowest BCUT2D eigenvalue weighted by molar-refractivity contribution is 0.0696. The van der Waals surface area contributed by atoms with E-state index in [4.69, 9.17) is 4.74 Å². The molecular formula is C23H32N4O5S. The Bertz CT molecular complexity index is 1020. The number of carboxylic acids is 1.